The van der Waals surface area contributed by atoms with E-state index < -0.39 is 0 Å². The van der Waals surface area contributed by atoms with Crippen LogP contribution in [0.5, 0.6) is 5.75 Å². The molecule has 1 amide bonds. The Morgan fingerprint density at radius 3 is 2.52 bits per heavy atom. The summed E-state index contributed by atoms with van der Waals surface area (Å²) in [5.74, 6) is 1.32. The average Bonchev–Trinajstić information content (AvgIpc) is 2.80. The minimum Gasteiger partial charge on any atom is -0.497 e. The number of nitrogens with zero attached hydrogens (tertiary/aromatic N) is 3. The molecule has 1 aromatic heterocycles. The predicted molar refractivity (Wildman–Crippen MR) is 111 cm³/mol. The van der Waals surface area contributed by atoms with Gasteiger partial charge in [0.05, 0.1) is 26.0 Å². The van der Waals surface area contributed by atoms with Gasteiger partial charge in [-0.3, -0.25) is 4.79 Å². The van der Waals surface area contributed by atoms with Gasteiger partial charge >= 0.3 is 0 Å². The molecule has 0 saturated carbocycles. The number of aromatic nitrogens is 2. The van der Waals surface area contributed by atoms with Gasteiger partial charge in [0.1, 0.15) is 5.75 Å². The number of rotatable bonds is 5. The van der Waals surface area contributed by atoms with Gasteiger partial charge < -0.3 is 19.7 Å². The molecule has 0 spiro atoms. The highest BCUT2D eigenvalue weighted by Crippen LogP contribution is 2.22. The van der Waals surface area contributed by atoms with E-state index in [4.69, 9.17) is 9.47 Å². The van der Waals surface area contributed by atoms with Crippen molar-refractivity contribution in [2.45, 2.75) is 0 Å². The van der Waals surface area contributed by atoms with E-state index in [1.165, 1.54) is 0 Å². The Morgan fingerprint density at radius 2 is 1.83 bits per heavy atom. The summed E-state index contributed by atoms with van der Waals surface area (Å²) < 4.78 is 10.5. The zero-order chi connectivity index (χ0) is 20.1. The molecule has 1 aliphatic rings. The molecule has 0 bridgehead atoms. The van der Waals surface area contributed by atoms with Crippen molar-refractivity contribution in [3.63, 3.8) is 0 Å². The van der Waals surface area contributed by atoms with E-state index in [9.17, 15) is 4.79 Å². The van der Waals surface area contributed by atoms with Crippen molar-refractivity contribution in [1.29, 1.82) is 0 Å². The van der Waals surface area contributed by atoms with Crippen molar-refractivity contribution in [3.05, 3.63) is 66.2 Å². The first-order valence-electron chi connectivity index (χ1n) is 9.45. The molecular formula is C22H22N4O3. The Labute approximate surface area is 169 Å². The van der Waals surface area contributed by atoms with Crippen LogP contribution in [-0.4, -0.2) is 49.5 Å². The maximum atomic E-state index is 12.4. The van der Waals surface area contributed by atoms with Gasteiger partial charge in [-0.25, -0.2) is 0 Å². The first kappa shape index (κ1) is 18.9. The van der Waals surface area contributed by atoms with Gasteiger partial charge in [0.15, 0.2) is 5.82 Å². The molecule has 3 aromatic rings. The third-order valence-electron chi connectivity index (χ3n) is 4.76. The molecule has 0 unspecified atom stereocenters. The summed E-state index contributed by atoms with van der Waals surface area (Å²) in [4.78, 5) is 14.6. The molecule has 4 rings (SSSR count). The largest absolute Gasteiger partial charge is 0.497 e. The molecule has 1 fully saturated rings. The van der Waals surface area contributed by atoms with Gasteiger partial charge in [0.25, 0.3) is 5.91 Å². The van der Waals surface area contributed by atoms with Crippen LogP contribution in [0.1, 0.15) is 10.4 Å². The number of morpholine rings is 1. The van der Waals surface area contributed by atoms with Crippen LogP contribution in [0.15, 0.2) is 60.7 Å². The Kier molecular flexibility index (Phi) is 5.67. The number of ether oxygens (including phenoxy) is 2. The Balaban J connectivity index is 1.42. The second kappa shape index (κ2) is 8.70. The summed E-state index contributed by atoms with van der Waals surface area (Å²) in [5, 5.41) is 11.6. The smallest absolute Gasteiger partial charge is 0.255 e. The lowest BCUT2D eigenvalue weighted by atomic mass is 10.1. The lowest BCUT2D eigenvalue weighted by molar-refractivity contribution is 0.102. The van der Waals surface area contributed by atoms with Crippen molar-refractivity contribution < 1.29 is 14.3 Å². The first-order chi connectivity index (χ1) is 14.2. The molecule has 29 heavy (non-hydrogen) atoms. The lowest BCUT2D eigenvalue weighted by Crippen LogP contribution is -2.36. The third kappa shape index (κ3) is 4.52. The van der Waals surface area contributed by atoms with Gasteiger partial charge in [0, 0.05) is 29.9 Å². The maximum Gasteiger partial charge on any atom is 0.255 e. The molecule has 2 aromatic carbocycles. The number of carbonyl (C=O) groups is 1. The summed E-state index contributed by atoms with van der Waals surface area (Å²) >= 11 is 0. The van der Waals surface area contributed by atoms with E-state index in [1.54, 1.807) is 31.4 Å². The Morgan fingerprint density at radius 1 is 1.03 bits per heavy atom. The number of anilines is 2. The molecule has 2 heterocycles. The second-order valence-electron chi connectivity index (χ2n) is 6.64. The van der Waals surface area contributed by atoms with E-state index in [1.807, 2.05) is 36.4 Å². The minimum atomic E-state index is -0.189. The van der Waals surface area contributed by atoms with E-state index in [-0.39, 0.29) is 5.91 Å². The minimum absolute atomic E-state index is 0.189. The van der Waals surface area contributed by atoms with Crippen LogP contribution in [0, 0.1) is 0 Å². The fraction of sp³-hybridized carbons (Fsp3) is 0.227. The van der Waals surface area contributed by atoms with Gasteiger partial charge in [-0.1, -0.05) is 18.2 Å². The maximum absolute atomic E-state index is 12.4. The van der Waals surface area contributed by atoms with Crippen LogP contribution in [0.4, 0.5) is 11.5 Å². The van der Waals surface area contributed by atoms with Crippen molar-refractivity contribution >= 4 is 17.4 Å². The quantitative estimate of drug-likeness (QED) is 0.721. The predicted octanol–water partition coefficient (Wildman–Crippen LogP) is 3.24. The third-order valence-corrected chi connectivity index (χ3v) is 4.76. The number of benzene rings is 2. The number of carbonyl (C=O) groups excluding carboxylic acids is 1. The molecule has 0 radical (unpaired) electrons. The zero-order valence-corrected chi connectivity index (χ0v) is 16.2. The normalized spacial score (nSPS) is 13.8. The van der Waals surface area contributed by atoms with Crippen LogP contribution in [0.25, 0.3) is 11.3 Å². The highest BCUT2D eigenvalue weighted by Gasteiger charge is 2.13. The van der Waals surface area contributed by atoms with Gasteiger partial charge in [-0.2, -0.15) is 0 Å². The fourth-order valence-electron chi connectivity index (χ4n) is 3.13. The fourth-order valence-corrected chi connectivity index (χ4v) is 3.13. The number of methoxy groups -OCH3 is 1. The van der Waals surface area contributed by atoms with Crippen molar-refractivity contribution in [3.8, 4) is 17.0 Å². The highest BCUT2D eigenvalue weighted by atomic mass is 16.5. The first-order valence-corrected chi connectivity index (χ1v) is 9.45. The summed E-state index contributed by atoms with van der Waals surface area (Å²) in [6, 6.07) is 18.5. The van der Waals surface area contributed by atoms with Crippen LogP contribution in [0.2, 0.25) is 0 Å². The standard InChI is InChI=1S/C22H22N4O3/c1-28-19-4-2-3-17(15-19)22(27)23-18-7-5-16(6-8-18)20-9-10-21(25-24-20)26-11-13-29-14-12-26/h2-10,15H,11-14H2,1H3,(H,23,27). The van der Waals surface area contributed by atoms with Crippen LogP contribution in [0.3, 0.4) is 0 Å². The van der Waals surface area contributed by atoms with Crippen LogP contribution < -0.4 is 15.0 Å². The molecule has 7 heteroatoms. The van der Waals surface area contributed by atoms with Crippen molar-refractivity contribution in [1.82, 2.24) is 10.2 Å². The SMILES string of the molecule is COc1cccc(C(=O)Nc2ccc(-c3ccc(N4CCOCC4)nn3)cc2)c1. The van der Waals surface area contributed by atoms with Crippen molar-refractivity contribution in [2.75, 3.05) is 43.6 Å². The molecule has 0 atom stereocenters. The Bertz CT molecular complexity index is 968. The highest BCUT2D eigenvalue weighted by molar-refractivity contribution is 6.04. The molecule has 1 aliphatic heterocycles. The summed E-state index contributed by atoms with van der Waals surface area (Å²) in [5.41, 5.74) is 2.97. The van der Waals surface area contributed by atoms with E-state index >= 15 is 0 Å². The van der Waals surface area contributed by atoms with Crippen LogP contribution in [-0.2, 0) is 4.74 Å². The number of nitrogens with one attached hydrogen (secondary N) is 1. The Hall–Kier alpha value is -3.45. The number of hydrogen-bond donors (Lipinski definition) is 1. The average molecular weight is 390 g/mol. The molecule has 148 valence electrons. The lowest BCUT2D eigenvalue weighted by Gasteiger charge is -2.27. The number of amides is 1. The molecular weight excluding hydrogens is 368 g/mol. The van der Waals surface area contributed by atoms with Crippen LogP contribution >= 0.6 is 0 Å². The number of hydrogen-bond acceptors (Lipinski definition) is 6. The molecule has 0 aliphatic carbocycles. The molecule has 1 saturated heterocycles. The van der Waals surface area contributed by atoms with E-state index in [2.05, 4.69) is 20.4 Å². The second-order valence-corrected chi connectivity index (χ2v) is 6.64. The van der Waals surface area contributed by atoms with Gasteiger partial charge in [-0.05, 0) is 42.5 Å². The zero-order valence-electron chi connectivity index (χ0n) is 16.2. The summed E-state index contributed by atoms with van der Waals surface area (Å²) in [7, 11) is 1.58. The van der Waals surface area contributed by atoms with Gasteiger partial charge in [0.2, 0.25) is 0 Å². The van der Waals surface area contributed by atoms with Crippen molar-refractivity contribution in [2.24, 2.45) is 0 Å². The van der Waals surface area contributed by atoms with E-state index in [0.29, 0.717) is 30.2 Å². The topological polar surface area (TPSA) is 76.6 Å². The monoisotopic (exact) mass is 390 g/mol. The molecule has 7 nitrogen and oxygen atoms in total. The molecule has 1 N–H and O–H groups in total. The summed E-state index contributed by atoms with van der Waals surface area (Å²) in [6.07, 6.45) is 0. The van der Waals surface area contributed by atoms with E-state index in [0.717, 1.165) is 30.2 Å². The summed E-state index contributed by atoms with van der Waals surface area (Å²) in [6.45, 7) is 3.09. The van der Waals surface area contributed by atoms with Gasteiger partial charge in [-0.15, -0.1) is 10.2 Å².